The lowest BCUT2D eigenvalue weighted by Crippen LogP contribution is -2.28. The molecule has 4 nitrogen and oxygen atoms in total. The van der Waals surface area contributed by atoms with E-state index >= 15 is 0 Å². The molecule has 0 aliphatic rings. The van der Waals surface area contributed by atoms with Gasteiger partial charge < -0.3 is 15.2 Å². The van der Waals surface area contributed by atoms with Gasteiger partial charge in [-0.3, -0.25) is 0 Å². The van der Waals surface area contributed by atoms with Gasteiger partial charge in [-0.15, -0.1) is 0 Å². The summed E-state index contributed by atoms with van der Waals surface area (Å²) in [7, 11) is 0. The second kappa shape index (κ2) is 8.27. The van der Waals surface area contributed by atoms with Crippen molar-refractivity contribution in [1.82, 2.24) is 0 Å². The van der Waals surface area contributed by atoms with E-state index < -0.39 is 6.10 Å². The molecule has 2 N–H and O–H groups in total. The molecule has 1 aromatic rings. The van der Waals surface area contributed by atoms with Crippen LogP contribution in [0.4, 0.5) is 0 Å². The van der Waals surface area contributed by atoms with Gasteiger partial charge in [0.05, 0.1) is 6.61 Å². The van der Waals surface area contributed by atoms with Gasteiger partial charge in [0, 0.05) is 10.5 Å². The van der Waals surface area contributed by atoms with Crippen LogP contribution in [-0.2, 0) is 16.0 Å². The van der Waals surface area contributed by atoms with E-state index in [0.717, 1.165) is 16.5 Å². The summed E-state index contributed by atoms with van der Waals surface area (Å²) in [5, 5.41) is 0. The molecular weight excluding hydrogens is 322 g/mol. The molecule has 20 heavy (non-hydrogen) atoms. The smallest absolute Gasteiger partial charge is 0.347 e. The average molecular weight is 344 g/mol. The first kappa shape index (κ1) is 17.0. The summed E-state index contributed by atoms with van der Waals surface area (Å²) in [6, 6.07) is 5.71. The molecule has 1 aromatic carbocycles. The Kier molecular flexibility index (Phi) is 7.02. The molecule has 0 aromatic heterocycles. The maximum atomic E-state index is 11.7. The largest absolute Gasteiger partial charge is 0.479 e. The van der Waals surface area contributed by atoms with E-state index in [1.807, 2.05) is 32.0 Å². The van der Waals surface area contributed by atoms with Crippen LogP contribution in [0.5, 0.6) is 5.75 Å². The summed E-state index contributed by atoms with van der Waals surface area (Å²) in [6.07, 6.45) is 0.741. The fourth-order valence-corrected chi connectivity index (χ4v) is 2.23. The zero-order valence-electron chi connectivity index (χ0n) is 12.2. The van der Waals surface area contributed by atoms with E-state index in [1.54, 1.807) is 6.92 Å². The van der Waals surface area contributed by atoms with Gasteiger partial charge in [0.1, 0.15) is 5.75 Å². The number of hydrogen-bond donors (Lipinski definition) is 1. The van der Waals surface area contributed by atoms with Crippen LogP contribution >= 0.6 is 15.9 Å². The van der Waals surface area contributed by atoms with Crippen LogP contribution in [0.15, 0.2) is 22.7 Å². The number of hydrogen-bond acceptors (Lipinski definition) is 4. The molecule has 2 atom stereocenters. The van der Waals surface area contributed by atoms with Crippen molar-refractivity contribution < 1.29 is 14.3 Å². The standard InChI is InChI=1S/C15H22BrNO3/c1-4-14(15(18)19-5-2)20-12-6-7-13(16)11(9-12)8-10(3)17/h6-7,9-10,14H,4-5,8,17H2,1-3H3. The number of nitrogens with two attached hydrogens (primary N) is 1. The SMILES string of the molecule is CCOC(=O)C(CC)Oc1ccc(Br)c(CC(C)N)c1. The highest BCUT2D eigenvalue weighted by molar-refractivity contribution is 9.10. The number of halogens is 1. The minimum absolute atomic E-state index is 0.0635. The van der Waals surface area contributed by atoms with Crippen molar-refractivity contribution in [2.24, 2.45) is 5.73 Å². The Bertz CT molecular complexity index is 449. The predicted octanol–water partition coefficient (Wildman–Crippen LogP) is 3.06. The Hall–Kier alpha value is -1.07. The lowest BCUT2D eigenvalue weighted by molar-refractivity contribution is -0.151. The minimum atomic E-state index is -0.570. The third-order valence-electron chi connectivity index (χ3n) is 2.76. The van der Waals surface area contributed by atoms with Crippen LogP contribution in [0.2, 0.25) is 0 Å². The zero-order chi connectivity index (χ0) is 15.1. The maximum absolute atomic E-state index is 11.7. The molecule has 0 radical (unpaired) electrons. The summed E-state index contributed by atoms with van der Waals surface area (Å²) in [6.45, 7) is 5.98. The van der Waals surface area contributed by atoms with Gasteiger partial charge in [-0.2, -0.15) is 0 Å². The van der Waals surface area contributed by atoms with Crippen molar-refractivity contribution in [3.05, 3.63) is 28.2 Å². The second-order valence-corrected chi connectivity index (χ2v) is 5.56. The molecule has 0 aliphatic heterocycles. The molecule has 0 spiro atoms. The molecule has 0 saturated carbocycles. The maximum Gasteiger partial charge on any atom is 0.347 e. The van der Waals surface area contributed by atoms with E-state index in [4.69, 9.17) is 15.2 Å². The first-order valence-electron chi connectivity index (χ1n) is 6.85. The molecule has 5 heteroatoms. The van der Waals surface area contributed by atoms with Gasteiger partial charge in [0.2, 0.25) is 0 Å². The number of esters is 1. The van der Waals surface area contributed by atoms with Crippen molar-refractivity contribution in [2.75, 3.05) is 6.61 Å². The molecule has 0 heterocycles. The second-order valence-electron chi connectivity index (χ2n) is 4.70. The van der Waals surface area contributed by atoms with E-state index in [9.17, 15) is 4.79 Å². The molecule has 1 rings (SSSR count). The average Bonchev–Trinajstić information content (AvgIpc) is 2.39. The van der Waals surface area contributed by atoms with E-state index in [0.29, 0.717) is 18.8 Å². The van der Waals surface area contributed by atoms with Crippen LogP contribution in [0.3, 0.4) is 0 Å². The topological polar surface area (TPSA) is 61.5 Å². The van der Waals surface area contributed by atoms with Crippen molar-refractivity contribution in [1.29, 1.82) is 0 Å². The first-order chi connectivity index (χ1) is 9.47. The lowest BCUT2D eigenvalue weighted by Gasteiger charge is -2.17. The van der Waals surface area contributed by atoms with Gasteiger partial charge in [0.25, 0.3) is 0 Å². The molecule has 0 bridgehead atoms. The van der Waals surface area contributed by atoms with Gasteiger partial charge in [-0.25, -0.2) is 4.79 Å². The third-order valence-corrected chi connectivity index (χ3v) is 3.53. The Morgan fingerprint density at radius 1 is 1.40 bits per heavy atom. The fraction of sp³-hybridized carbons (Fsp3) is 0.533. The quantitative estimate of drug-likeness (QED) is 0.773. The Labute approximate surface area is 128 Å². The number of carbonyl (C=O) groups excluding carboxylic acids is 1. The van der Waals surface area contributed by atoms with Crippen LogP contribution < -0.4 is 10.5 Å². The van der Waals surface area contributed by atoms with Gasteiger partial charge in [-0.05, 0) is 50.5 Å². The molecule has 0 fully saturated rings. The van der Waals surface area contributed by atoms with Crippen molar-refractivity contribution in [3.63, 3.8) is 0 Å². The van der Waals surface area contributed by atoms with Gasteiger partial charge in [-0.1, -0.05) is 22.9 Å². The molecule has 2 unspecified atom stereocenters. The van der Waals surface area contributed by atoms with E-state index in [1.165, 1.54) is 0 Å². The molecule has 0 aliphatic carbocycles. The predicted molar refractivity (Wildman–Crippen MR) is 82.8 cm³/mol. The summed E-state index contributed by atoms with van der Waals surface area (Å²) in [5.74, 6) is 0.329. The molecule has 0 amide bonds. The highest BCUT2D eigenvalue weighted by Gasteiger charge is 2.20. The van der Waals surface area contributed by atoms with Crippen LogP contribution in [0.25, 0.3) is 0 Å². The van der Waals surface area contributed by atoms with Crippen molar-refractivity contribution in [3.8, 4) is 5.75 Å². The third kappa shape index (κ3) is 5.13. The number of carbonyl (C=O) groups is 1. The first-order valence-corrected chi connectivity index (χ1v) is 7.64. The Morgan fingerprint density at radius 3 is 2.65 bits per heavy atom. The number of rotatable bonds is 7. The summed E-state index contributed by atoms with van der Waals surface area (Å²) >= 11 is 3.49. The van der Waals surface area contributed by atoms with Crippen molar-refractivity contribution >= 4 is 21.9 Å². The normalized spacial score (nSPS) is 13.7. The van der Waals surface area contributed by atoms with E-state index in [-0.39, 0.29) is 12.0 Å². The fourth-order valence-electron chi connectivity index (χ4n) is 1.83. The summed E-state index contributed by atoms with van der Waals surface area (Å²) < 4.78 is 11.7. The zero-order valence-corrected chi connectivity index (χ0v) is 13.8. The highest BCUT2D eigenvalue weighted by Crippen LogP contribution is 2.25. The molecule has 112 valence electrons. The van der Waals surface area contributed by atoms with Gasteiger partial charge >= 0.3 is 5.97 Å². The van der Waals surface area contributed by atoms with Crippen molar-refractivity contribution in [2.45, 2.75) is 45.8 Å². The molecule has 0 saturated heterocycles. The number of benzene rings is 1. The summed E-state index contributed by atoms with van der Waals surface area (Å²) in [4.78, 5) is 11.7. The minimum Gasteiger partial charge on any atom is -0.479 e. The molecular formula is C15H22BrNO3. The lowest BCUT2D eigenvalue weighted by atomic mass is 10.1. The van der Waals surface area contributed by atoms with Gasteiger partial charge in [0.15, 0.2) is 6.10 Å². The highest BCUT2D eigenvalue weighted by atomic mass is 79.9. The monoisotopic (exact) mass is 343 g/mol. The Balaban J connectivity index is 2.83. The van der Waals surface area contributed by atoms with Crippen LogP contribution in [0.1, 0.15) is 32.8 Å². The van der Waals surface area contributed by atoms with Crippen LogP contribution in [0, 0.1) is 0 Å². The van der Waals surface area contributed by atoms with Crippen LogP contribution in [-0.4, -0.2) is 24.7 Å². The Morgan fingerprint density at radius 2 is 2.10 bits per heavy atom. The van der Waals surface area contributed by atoms with E-state index in [2.05, 4.69) is 15.9 Å². The summed E-state index contributed by atoms with van der Waals surface area (Å²) in [5.41, 5.74) is 6.89. The number of ether oxygens (including phenoxy) is 2.